The predicted octanol–water partition coefficient (Wildman–Crippen LogP) is 0.780. The number of rotatable bonds is 4. The summed E-state index contributed by atoms with van der Waals surface area (Å²) >= 11 is 0. The van der Waals surface area contributed by atoms with Gasteiger partial charge in [0.2, 0.25) is 5.91 Å². The molecular formula is C12H16N4O2. The lowest BCUT2D eigenvalue weighted by Gasteiger charge is -2.12. The number of aromatic nitrogens is 2. The summed E-state index contributed by atoms with van der Waals surface area (Å²) in [5, 5.41) is 2.79. The normalized spacial score (nSPS) is 12.6. The van der Waals surface area contributed by atoms with E-state index in [2.05, 4.69) is 15.3 Å². The highest BCUT2D eigenvalue weighted by atomic mass is 16.2. The third-order valence-corrected chi connectivity index (χ3v) is 2.93. The number of nitrogens with two attached hydrogens (primary N) is 1. The summed E-state index contributed by atoms with van der Waals surface area (Å²) in [4.78, 5) is 28.2. The lowest BCUT2D eigenvalue weighted by molar-refractivity contribution is -0.119. The van der Waals surface area contributed by atoms with Crippen molar-refractivity contribution < 1.29 is 4.79 Å². The minimum atomic E-state index is -0.262. The van der Waals surface area contributed by atoms with Crippen LogP contribution in [-0.2, 0) is 4.79 Å². The number of hydrogen-bond donors (Lipinski definition) is 4. The maximum Gasteiger partial charge on any atom is 0.323 e. The van der Waals surface area contributed by atoms with E-state index in [1.165, 1.54) is 0 Å². The van der Waals surface area contributed by atoms with Gasteiger partial charge in [-0.3, -0.25) is 4.79 Å². The Labute approximate surface area is 104 Å². The van der Waals surface area contributed by atoms with E-state index in [-0.39, 0.29) is 17.5 Å². The van der Waals surface area contributed by atoms with E-state index in [0.717, 1.165) is 0 Å². The summed E-state index contributed by atoms with van der Waals surface area (Å²) in [5.41, 5.74) is 7.28. The van der Waals surface area contributed by atoms with Crippen molar-refractivity contribution >= 4 is 22.6 Å². The molecular weight excluding hydrogens is 232 g/mol. The molecule has 1 unspecified atom stereocenters. The van der Waals surface area contributed by atoms with Gasteiger partial charge < -0.3 is 21.0 Å². The van der Waals surface area contributed by atoms with E-state index in [1.54, 1.807) is 18.2 Å². The van der Waals surface area contributed by atoms with E-state index < -0.39 is 0 Å². The van der Waals surface area contributed by atoms with Crippen LogP contribution in [-0.4, -0.2) is 22.4 Å². The topological polar surface area (TPSA) is 104 Å². The summed E-state index contributed by atoms with van der Waals surface area (Å²) in [7, 11) is 0. The number of carbonyl (C=O) groups excluding carboxylic acids is 1. The maximum atomic E-state index is 11.8. The van der Waals surface area contributed by atoms with Gasteiger partial charge in [-0.25, -0.2) is 4.79 Å². The van der Waals surface area contributed by atoms with Crippen LogP contribution in [0.25, 0.3) is 11.0 Å². The molecule has 96 valence electrons. The Bertz CT molecular complexity index is 610. The lowest BCUT2D eigenvalue weighted by atomic mass is 10.1. The van der Waals surface area contributed by atoms with Gasteiger partial charge in [-0.05, 0) is 24.6 Å². The fraction of sp³-hybridized carbons (Fsp3) is 0.333. The molecule has 1 amide bonds. The predicted molar refractivity (Wildman–Crippen MR) is 70.4 cm³/mol. The van der Waals surface area contributed by atoms with E-state index in [9.17, 15) is 9.59 Å². The summed E-state index contributed by atoms with van der Waals surface area (Å²) in [5.74, 6) is -0.289. The quantitative estimate of drug-likeness (QED) is 0.642. The molecule has 0 radical (unpaired) electrons. The lowest BCUT2D eigenvalue weighted by Crippen LogP contribution is -2.28. The molecule has 0 spiro atoms. The molecule has 2 aromatic rings. The molecule has 1 atom stereocenters. The molecule has 6 nitrogen and oxygen atoms in total. The molecule has 1 aromatic carbocycles. The summed E-state index contributed by atoms with van der Waals surface area (Å²) in [6, 6.07) is 5.20. The average Bonchev–Trinajstić information content (AvgIpc) is 2.70. The number of carbonyl (C=O) groups is 1. The number of benzene rings is 1. The zero-order valence-electron chi connectivity index (χ0n) is 10.1. The average molecular weight is 248 g/mol. The summed E-state index contributed by atoms with van der Waals surface area (Å²) in [6.45, 7) is 2.25. The third kappa shape index (κ3) is 2.43. The Hall–Kier alpha value is -2.08. The fourth-order valence-corrected chi connectivity index (χ4v) is 1.81. The van der Waals surface area contributed by atoms with Gasteiger partial charge in [0, 0.05) is 12.2 Å². The number of imidazole rings is 1. The van der Waals surface area contributed by atoms with Crippen LogP contribution in [0.15, 0.2) is 23.0 Å². The van der Waals surface area contributed by atoms with Crippen LogP contribution < -0.4 is 16.7 Å². The maximum absolute atomic E-state index is 11.8. The first-order valence-corrected chi connectivity index (χ1v) is 5.87. The Balaban J connectivity index is 2.21. The molecule has 5 N–H and O–H groups in total. The van der Waals surface area contributed by atoms with Gasteiger partial charge in [0.1, 0.15) is 0 Å². The van der Waals surface area contributed by atoms with Crippen molar-refractivity contribution in [2.75, 3.05) is 11.9 Å². The molecule has 1 heterocycles. The van der Waals surface area contributed by atoms with Gasteiger partial charge in [0.25, 0.3) is 0 Å². The van der Waals surface area contributed by atoms with E-state index in [4.69, 9.17) is 5.73 Å². The first kappa shape index (κ1) is 12.4. The molecule has 18 heavy (non-hydrogen) atoms. The third-order valence-electron chi connectivity index (χ3n) is 2.93. The number of anilines is 1. The molecule has 0 aliphatic carbocycles. The highest BCUT2D eigenvalue weighted by molar-refractivity contribution is 5.94. The van der Waals surface area contributed by atoms with E-state index in [0.29, 0.717) is 29.7 Å². The van der Waals surface area contributed by atoms with Gasteiger partial charge in [-0.1, -0.05) is 6.92 Å². The largest absolute Gasteiger partial charge is 0.330 e. The van der Waals surface area contributed by atoms with Crippen LogP contribution in [0.4, 0.5) is 5.69 Å². The van der Waals surface area contributed by atoms with Crippen LogP contribution >= 0.6 is 0 Å². The van der Waals surface area contributed by atoms with Crippen molar-refractivity contribution in [3.05, 3.63) is 28.7 Å². The van der Waals surface area contributed by atoms with E-state index >= 15 is 0 Å². The van der Waals surface area contributed by atoms with Gasteiger partial charge in [-0.15, -0.1) is 0 Å². The standard InChI is InChI=1S/C12H16N4O2/c1-2-7(6-13)11(17)14-8-3-4-9-10(5-8)16-12(18)15-9/h3-5,7H,2,6,13H2,1H3,(H,14,17)(H2,15,16,18). The van der Waals surface area contributed by atoms with Gasteiger partial charge in [0.15, 0.2) is 0 Å². The minimum absolute atomic E-state index is 0.0998. The van der Waals surface area contributed by atoms with E-state index in [1.807, 2.05) is 6.92 Å². The van der Waals surface area contributed by atoms with Gasteiger partial charge >= 0.3 is 5.69 Å². The number of amides is 1. The minimum Gasteiger partial charge on any atom is -0.330 e. The number of hydrogen-bond acceptors (Lipinski definition) is 3. The summed E-state index contributed by atoms with van der Waals surface area (Å²) < 4.78 is 0. The highest BCUT2D eigenvalue weighted by Gasteiger charge is 2.14. The molecule has 6 heteroatoms. The monoisotopic (exact) mass is 248 g/mol. The molecule has 0 saturated carbocycles. The van der Waals surface area contributed by atoms with Crippen LogP contribution in [0.2, 0.25) is 0 Å². The van der Waals surface area contributed by atoms with Crippen LogP contribution in [0.3, 0.4) is 0 Å². The zero-order chi connectivity index (χ0) is 13.1. The second-order valence-corrected chi connectivity index (χ2v) is 4.17. The highest BCUT2D eigenvalue weighted by Crippen LogP contribution is 2.15. The molecule has 0 aliphatic rings. The molecule has 0 saturated heterocycles. The van der Waals surface area contributed by atoms with Crippen molar-refractivity contribution in [3.63, 3.8) is 0 Å². The second-order valence-electron chi connectivity index (χ2n) is 4.17. The number of aromatic amines is 2. The number of H-pyrrole nitrogens is 2. The molecule has 0 bridgehead atoms. The second kappa shape index (κ2) is 5.05. The van der Waals surface area contributed by atoms with Crippen LogP contribution in [0, 0.1) is 5.92 Å². The Morgan fingerprint density at radius 3 is 2.78 bits per heavy atom. The van der Waals surface area contributed by atoms with Gasteiger partial charge in [0.05, 0.1) is 17.0 Å². The first-order chi connectivity index (χ1) is 8.63. The molecule has 0 fully saturated rings. The fourth-order valence-electron chi connectivity index (χ4n) is 1.81. The number of fused-ring (bicyclic) bond motifs is 1. The Kier molecular flexibility index (Phi) is 3.47. The van der Waals surface area contributed by atoms with Crippen molar-refractivity contribution in [2.45, 2.75) is 13.3 Å². The Morgan fingerprint density at radius 2 is 2.11 bits per heavy atom. The van der Waals surface area contributed by atoms with Crippen molar-refractivity contribution in [2.24, 2.45) is 11.7 Å². The Morgan fingerprint density at radius 1 is 1.39 bits per heavy atom. The first-order valence-electron chi connectivity index (χ1n) is 5.87. The summed E-state index contributed by atoms with van der Waals surface area (Å²) in [6.07, 6.45) is 0.700. The van der Waals surface area contributed by atoms with Crippen LogP contribution in [0.5, 0.6) is 0 Å². The smallest absolute Gasteiger partial charge is 0.323 e. The molecule has 2 rings (SSSR count). The van der Waals surface area contributed by atoms with Crippen molar-refractivity contribution in [1.82, 2.24) is 9.97 Å². The zero-order valence-corrected chi connectivity index (χ0v) is 10.1. The SMILES string of the molecule is CCC(CN)C(=O)Nc1ccc2[nH]c(=O)[nH]c2c1. The van der Waals surface area contributed by atoms with Gasteiger partial charge in [-0.2, -0.15) is 0 Å². The molecule has 0 aliphatic heterocycles. The molecule has 1 aromatic heterocycles. The van der Waals surface area contributed by atoms with Crippen molar-refractivity contribution in [1.29, 1.82) is 0 Å². The number of nitrogens with one attached hydrogen (secondary N) is 3. The van der Waals surface area contributed by atoms with Crippen LogP contribution in [0.1, 0.15) is 13.3 Å². The van der Waals surface area contributed by atoms with Crippen molar-refractivity contribution in [3.8, 4) is 0 Å².